The highest BCUT2D eigenvalue weighted by atomic mass is 14.2. The van der Waals surface area contributed by atoms with Crippen LogP contribution in [0.25, 0.3) is 0 Å². The van der Waals surface area contributed by atoms with E-state index in [0.717, 1.165) is 5.92 Å². The van der Waals surface area contributed by atoms with Crippen molar-refractivity contribution >= 4 is 0 Å². The molecule has 0 saturated heterocycles. The second-order valence-electron chi connectivity index (χ2n) is 4.19. The molecule has 1 atom stereocenters. The van der Waals surface area contributed by atoms with Gasteiger partial charge in [-0.1, -0.05) is 37.8 Å². The lowest BCUT2D eigenvalue weighted by Gasteiger charge is -2.13. The Morgan fingerprint density at radius 2 is 2.33 bits per heavy atom. The summed E-state index contributed by atoms with van der Waals surface area (Å²) in [7, 11) is 0. The first-order valence-electron chi connectivity index (χ1n) is 5.48. The Morgan fingerprint density at radius 3 is 3.08 bits per heavy atom. The zero-order chi connectivity index (χ0) is 8.81. The van der Waals surface area contributed by atoms with Gasteiger partial charge in [0.2, 0.25) is 0 Å². The molecule has 0 heteroatoms. The fraction of sp³-hybridized carbons (Fsp3) is 0.833. The van der Waals surface area contributed by atoms with Crippen LogP contribution in [0.4, 0.5) is 0 Å². The van der Waals surface area contributed by atoms with Gasteiger partial charge in [0.1, 0.15) is 0 Å². The number of hydrogen-bond donors (Lipinski definition) is 0. The minimum Gasteiger partial charge on any atom is -0.0856 e. The summed E-state index contributed by atoms with van der Waals surface area (Å²) in [5.41, 5.74) is 1.63. The van der Waals surface area contributed by atoms with E-state index in [-0.39, 0.29) is 0 Å². The number of allylic oxidation sites excluding steroid dienone is 2. The first-order chi connectivity index (χ1) is 5.83. The molecule has 12 heavy (non-hydrogen) atoms. The Labute approximate surface area is 77.1 Å². The lowest BCUT2D eigenvalue weighted by Crippen LogP contribution is -1.99. The predicted molar refractivity (Wildman–Crippen MR) is 55.2 cm³/mol. The van der Waals surface area contributed by atoms with Gasteiger partial charge < -0.3 is 0 Å². The van der Waals surface area contributed by atoms with Crippen molar-refractivity contribution in [2.45, 2.75) is 58.8 Å². The Morgan fingerprint density at radius 1 is 1.50 bits per heavy atom. The minimum atomic E-state index is 1.00. The third-order valence-electron chi connectivity index (χ3n) is 2.89. The van der Waals surface area contributed by atoms with E-state index in [1.807, 2.05) is 0 Å². The summed E-state index contributed by atoms with van der Waals surface area (Å²) in [6, 6.07) is 0. The fourth-order valence-corrected chi connectivity index (χ4v) is 2.13. The van der Waals surface area contributed by atoms with Gasteiger partial charge in [-0.05, 0) is 38.5 Å². The Hall–Kier alpha value is -0.260. The van der Waals surface area contributed by atoms with Crippen LogP contribution in [0.5, 0.6) is 0 Å². The molecule has 0 nitrogen and oxygen atoms in total. The van der Waals surface area contributed by atoms with E-state index in [0.29, 0.717) is 0 Å². The van der Waals surface area contributed by atoms with Crippen molar-refractivity contribution in [1.82, 2.24) is 0 Å². The molecule has 0 spiro atoms. The summed E-state index contributed by atoms with van der Waals surface area (Å²) in [5.74, 6) is 1.00. The minimum absolute atomic E-state index is 1.00. The van der Waals surface area contributed by atoms with Crippen LogP contribution in [0.1, 0.15) is 58.8 Å². The molecule has 1 aliphatic carbocycles. The van der Waals surface area contributed by atoms with Crippen molar-refractivity contribution in [2.75, 3.05) is 0 Å². The van der Waals surface area contributed by atoms with E-state index in [9.17, 15) is 0 Å². The number of rotatable bonds is 3. The molecular formula is C12H22. The fourth-order valence-electron chi connectivity index (χ4n) is 2.13. The van der Waals surface area contributed by atoms with E-state index in [4.69, 9.17) is 0 Å². The van der Waals surface area contributed by atoms with Gasteiger partial charge in [0.15, 0.2) is 0 Å². The average Bonchev–Trinajstić information content (AvgIpc) is 2.26. The first kappa shape index (κ1) is 9.83. The van der Waals surface area contributed by atoms with Gasteiger partial charge in [-0.2, -0.15) is 0 Å². The highest BCUT2D eigenvalue weighted by molar-refractivity contribution is 5.01. The molecule has 0 N–H and O–H groups in total. The zero-order valence-electron chi connectivity index (χ0n) is 8.60. The molecule has 0 heterocycles. The van der Waals surface area contributed by atoms with Crippen LogP contribution in [-0.2, 0) is 0 Å². The molecule has 1 rings (SSSR count). The summed E-state index contributed by atoms with van der Waals surface area (Å²) in [4.78, 5) is 0. The molecule has 0 aliphatic heterocycles. The van der Waals surface area contributed by atoms with E-state index in [1.165, 1.54) is 44.9 Å². The van der Waals surface area contributed by atoms with Crippen LogP contribution in [0.2, 0.25) is 0 Å². The molecule has 0 amide bonds. The summed E-state index contributed by atoms with van der Waals surface area (Å²) >= 11 is 0. The maximum atomic E-state index is 2.44. The van der Waals surface area contributed by atoms with Gasteiger partial charge >= 0.3 is 0 Å². The molecule has 0 bridgehead atoms. The van der Waals surface area contributed by atoms with E-state index >= 15 is 0 Å². The van der Waals surface area contributed by atoms with Crippen molar-refractivity contribution < 1.29 is 0 Å². The van der Waals surface area contributed by atoms with Gasteiger partial charge in [0.05, 0.1) is 0 Å². The average molecular weight is 166 g/mol. The lowest BCUT2D eigenvalue weighted by molar-refractivity contribution is 0.429. The molecular weight excluding hydrogens is 144 g/mol. The molecule has 0 radical (unpaired) electrons. The second-order valence-corrected chi connectivity index (χ2v) is 4.19. The lowest BCUT2D eigenvalue weighted by atomic mass is 9.93. The van der Waals surface area contributed by atoms with Gasteiger partial charge in [-0.3, -0.25) is 0 Å². The standard InChI is InChI=1S/C12H22/c1-3-4-8-12-9-6-5-7-11(2)10-12/h7,12H,3-6,8-10H2,1-2H3. The van der Waals surface area contributed by atoms with Crippen molar-refractivity contribution in [2.24, 2.45) is 5.92 Å². The predicted octanol–water partition coefficient (Wildman–Crippen LogP) is 4.31. The third kappa shape index (κ3) is 3.42. The van der Waals surface area contributed by atoms with E-state index in [1.54, 1.807) is 5.57 Å². The van der Waals surface area contributed by atoms with E-state index in [2.05, 4.69) is 19.9 Å². The Kier molecular flexibility index (Phi) is 4.42. The van der Waals surface area contributed by atoms with Crippen LogP contribution in [-0.4, -0.2) is 0 Å². The molecule has 1 unspecified atom stereocenters. The molecule has 70 valence electrons. The topological polar surface area (TPSA) is 0 Å². The van der Waals surface area contributed by atoms with Gasteiger partial charge in [-0.15, -0.1) is 0 Å². The maximum Gasteiger partial charge on any atom is -0.0295 e. The second kappa shape index (κ2) is 5.40. The summed E-state index contributed by atoms with van der Waals surface area (Å²) in [5, 5.41) is 0. The van der Waals surface area contributed by atoms with Crippen LogP contribution in [0, 0.1) is 5.92 Å². The Bertz CT molecular complexity index is 144. The van der Waals surface area contributed by atoms with Crippen LogP contribution >= 0.6 is 0 Å². The van der Waals surface area contributed by atoms with Crippen molar-refractivity contribution in [1.29, 1.82) is 0 Å². The van der Waals surface area contributed by atoms with Crippen molar-refractivity contribution in [3.05, 3.63) is 11.6 Å². The SMILES string of the molecule is CCCCC1CCCC=C(C)C1. The largest absolute Gasteiger partial charge is 0.0856 e. The third-order valence-corrected chi connectivity index (χ3v) is 2.89. The van der Waals surface area contributed by atoms with Crippen LogP contribution in [0.15, 0.2) is 11.6 Å². The van der Waals surface area contributed by atoms with Crippen molar-refractivity contribution in [3.63, 3.8) is 0 Å². The molecule has 0 fully saturated rings. The molecule has 0 aromatic rings. The Balaban J connectivity index is 2.28. The summed E-state index contributed by atoms with van der Waals surface area (Å²) in [6.07, 6.45) is 12.3. The maximum absolute atomic E-state index is 2.44. The number of unbranched alkanes of at least 4 members (excludes halogenated alkanes) is 1. The quantitative estimate of drug-likeness (QED) is 0.548. The van der Waals surface area contributed by atoms with E-state index < -0.39 is 0 Å². The monoisotopic (exact) mass is 166 g/mol. The summed E-state index contributed by atoms with van der Waals surface area (Å²) in [6.45, 7) is 4.59. The van der Waals surface area contributed by atoms with Crippen LogP contribution in [0.3, 0.4) is 0 Å². The number of hydrogen-bond acceptors (Lipinski definition) is 0. The van der Waals surface area contributed by atoms with Crippen molar-refractivity contribution in [3.8, 4) is 0 Å². The van der Waals surface area contributed by atoms with Crippen LogP contribution < -0.4 is 0 Å². The summed E-state index contributed by atoms with van der Waals surface area (Å²) < 4.78 is 0. The molecule has 0 aromatic heterocycles. The van der Waals surface area contributed by atoms with Gasteiger partial charge in [-0.25, -0.2) is 0 Å². The molecule has 1 aliphatic rings. The highest BCUT2D eigenvalue weighted by Crippen LogP contribution is 2.26. The normalized spacial score (nSPS) is 24.8. The molecule has 0 aromatic carbocycles. The van der Waals surface area contributed by atoms with Gasteiger partial charge in [0, 0.05) is 0 Å². The zero-order valence-corrected chi connectivity index (χ0v) is 8.60. The smallest absolute Gasteiger partial charge is 0.0295 e. The van der Waals surface area contributed by atoms with Gasteiger partial charge in [0.25, 0.3) is 0 Å². The highest BCUT2D eigenvalue weighted by Gasteiger charge is 2.10. The first-order valence-corrected chi connectivity index (χ1v) is 5.48. The molecule has 0 saturated carbocycles.